The lowest BCUT2D eigenvalue weighted by atomic mass is 10.2. The standard InChI is InChI=1S/C13H13N5O2/c1-7-3-4-8(5-9(7)20-2)18-10-11(14)15-6-16-12(10)17-13(18)19/h3-6H,1-2H3,(H3,14,15,16,17,19). The Kier molecular flexibility index (Phi) is 2.67. The van der Waals surface area contributed by atoms with E-state index in [0.29, 0.717) is 22.6 Å². The van der Waals surface area contributed by atoms with Gasteiger partial charge in [-0.2, -0.15) is 0 Å². The third-order valence-corrected chi connectivity index (χ3v) is 3.15. The maximum atomic E-state index is 12.1. The van der Waals surface area contributed by atoms with E-state index in [1.54, 1.807) is 13.2 Å². The molecule has 0 fully saturated rings. The quantitative estimate of drug-likeness (QED) is 0.724. The summed E-state index contributed by atoms with van der Waals surface area (Å²) in [6.07, 6.45) is 1.31. The van der Waals surface area contributed by atoms with Gasteiger partial charge in [-0.15, -0.1) is 0 Å². The number of hydrogen-bond acceptors (Lipinski definition) is 5. The molecule has 2 heterocycles. The van der Waals surface area contributed by atoms with Crippen LogP contribution in [0.3, 0.4) is 0 Å². The molecular weight excluding hydrogens is 258 g/mol. The zero-order chi connectivity index (χ0) is 14.3. The highest BCUT2D eigenvalue weighted by atomic mass is 16.5. The van der Waals surface area contributed by atoms with Crippen LogP contribution >= 0.6 is 0 Å². The fourth-order valence-electron chi connectivity index (χ4n) is 2.16. The molecule has 0 aliphatic carbocycles. The molecule has 3 rings (SSSR count). The van der Waals surface area contributed by atoms with Crippen molar-refractivity contribution in [2.75, 3.05) is 12.8 Å². The summed E-state index contributed by atoms with van der Waals surface area (Å²) in [7, 11) is 1.58. The van der Waals surface area contributed by atoms with Gasteiger partial charge in [0, 0.05) is 6.07 Å². The third-order valence-electron chi connectivity index (χ3n) is 3.15. The van der Waals surface area contributed by atoms with E-state index >= 15 is 0 Å². The van der Waals surface area contributed by atoms with Gasteiger partial charge in [-0.3, -0.25) is 9.55 Å². The molecule has 3 aromatic rings. The van der Waals surface area contributed by atoms with Crippen molar-refractivity contribution in [1.29, 1.82) is 0 Å². The number of H-pyrrole nitrogens is 1. The minimum atomic E-state index is -0.321. The number of nitrogens with two attached hydrogens (primary N) is 1. The maximum absolute atomic E-state index is 12.1. The van der Waals surface area contributed by atoms with E-state index in [-0.39, 0.29) is 11.5 Å². The minimum Gasteiger partial charge on any atom is -0.496 e. The Labute approximate surface area is 114 Å². The first-order valence-corrected chi connectivity index (χ1v) is 5.98. The predicted molar refractivity (Wildman–Crippen MR) is 75.2 cm³/mol. The molecule has 20 heavy (non-hydrogen) atoms. The number of aromatic amines is 1. The molecule has 0 spiro atoms. The summed E-state index contributed by atoms with van der Waals surface area (Å²) in [6.45, 7) is 1.93. The van der Waals surface area contributed by atoms with Crippen molar-refractivity contribution in [3.8, 4) is 11.4 Å². The van der Waals surface area contributed by atoms with Crippen LogP contribution in [0, 0.1) is 6.92 Å². The lowest BCUT2D eigenvalue weighted by Gasteiger charge is -2.09. The second-order valence-electron chi connectivity index (χ2n) is 4.38. The molecule has 0 aliphatic rings. The molecule has 0 aliphatic heterocycles. The number of aryl methyl sites for hydroxylation is 1. The van der Waals surface area contributed by atoms with E-state index in [2.05, 4.69) is 15.0 Å². The highest BCUT2D eigenvalue weighted by Gasteiger charge is 2.14. The molecule has 0 saturated heterocycles. The molecule has 7 nitrogen and oxygen atoms in total. The molecule has 7 heteroatoms. The number of aromatic nitrogens is 4. The molecule has 1 aromatic carbocycles. The van der Waals surface area contributed by atoms with Gasteiger partial charge in [0.05, 0.1) is 12.8 Å². The first-order chi connectivity index (χ1) is 9.61. The topological polar surface area (TPSA) is 98.8 Å². The van der Waals surface area contributed by atoms with E-state index in [0.717, 1.165) is 5.56 Å². The fraction of sp³-hybridized carbons (Fsp3) is 0.154. The monoisotopic (exact) mass is 271 g/mol. The van der Waals surface area contributed by atoms with Crippen LogP contribution in [0.5, 0.6) is 5.75 Å². The molecule has 2 aromatic heterocycles. The molecule has 0 amide bonds. The van der Waals surface area contributed by atoms with Crippen LogP contribution in [0.4, 0.5) is 5.82 Å². The Morgan fingerprint density at radius 3 is 2.90 bits per heavy atom. The van der Waals surface area contributed by atoms with Crippen LogP contribution < -0.4 is 16.2 Å². The number of ether oxygens (including phenoxy) is 1. The Morgan fingerprint density at radius 1 is 1.35 bits per heavy atom. The van der Waals surface area contributed by atoms with Crippen LogP contribution in [0.25, 0.3) is 16.9 Å². The van der Waals surface area contributed by atoms with Gasteiger partial charge in [-0.05, 0) is 18.6 Å². The Balaban J connectivity index is 2.35. The summed E-state index contributed by atoms with van der Waals surface area (Å²) in [5.74, 6) is 0.937. The number of nitrogen functional groups attached to an aromatic ring is 1. The highest BCUT2D eigenvalue weighted by molar-refractivity contribution is 5.83. The number of nitrogens with zero attached hydrogens (tertiary/aromatic N) is 3. The highest BCUT2D eigenvalue weighted by Crippen LogP contribution is 2.24. The number of methoxy groups -OCH3 is 1. The fourth-order valence-corrected chi connectivity index (χ4v) is 2.16. The van der Waals surface area contributed by atoms with Crippen LogP contribution in [0.2, 0.25) is 0 Å². The maximum Gasteiger partial charge on any atom is 0.332 e. The Hall–Kier alpha value is -2.83. The summed E-state index contributed by atoms with van der Waals surface area (Å²) < 4.78 is 6.71. The smallest absolute Gasteiger partial charge is 0.332 e. The van der Waals surface area contributed by atoms with Crippen molar-refractivity contribution in [3.63, 3.8) is 0 Å². The van der Waals surface area contributed by atoms with Gasteiger partial charge in [-0.1, -0.05) is 6.07 Å². The number of rotatable bonds is 2. The third kappa shape index (κ3) is 1.71. The summed E-state index contributed by atoms with van der Waals surface area (Å²) in [5, 5.41) is 0. The summed E-state index contributed by atoms with van der Waals surface area (Å²) in [4.78, 5) is 22.7. The van der Waals surface area contributed by atoms with Gasteiger partial charge in [0.1, 0.15) is 17.6 Å². The normalized spacial score (nSPS) is 10.9. The number of anilines is 1. The van der Waals surface area contributed by atoms with Crippen molar-refractivity contribution < 1.29 is 4.74 Å². The van der Waals surface area contributed by atoms with Crippen molar-refractivity contribution in [2.24, 2.45) is 0 Å². The zero-order valence-corrected chi connectivity index (χ0v) is 11.0. The lowest BCUT2D eigenvalue weighted by molar-refractivity contribution is 0.411. The van der Waals surface area contributed by atoms with Crippen LogP contribution in [-0.4, -0.2) is 26.6 Å². The van der Waals surface area contributed by atoms with Gasteiger partial charge in [0.25, 0.3) is 0 Å². The molecule has 0 radical (unpaired) electrons. The van der Waals surface area contributed by atoms with Crippen LogP contribution in [0.1, 0.15) is 5.56 Å². The second-order valence-corrected chi connectivity index (χ2v) is 4.38. The van der Waals surface area contributed by atoms with Gasteiger partial charge in [0.2, 0.25) is 0 Å². The van der Waals surface area contributed by atoms with E-state index in [4.69, 9.17) is 10.5 Å². The van der Waals surface area contributed by atoms with Gasteiger partial charge < -0.3 is 10.5 Å². The van der Waals surface area contributed by atoms with Crippen LogP contribution in [-0.2, 0) is 0 Å². The van der Waals surface area contributed by atoms with Gasteiger partial charge in [-0.25, -0.2) is 14.8 Å². The van der Waals surface area contributed by atoms with E-state index in [1.807, 2.05) is 19.1 Å². The number of hydrogen-bond donors (Lipinski definition) is 2. The van der Waals surface area contributed by atoms with Gasteiger partial charge in [0.15, 0.2) is 11.5 Å². The Bertz CT molecular complexity index is 850. The molecule has 0 bridgehead atoms. The minimum absolute atomic E-state index is 0.243. The van der Waals surface area contributed by atoms with Crippen molar-refractivity contribution in [3.05, 3.63) is 40.6 Å². The van der Waals surface area contributed by atoms with E-state index < -0.39 is 0 Å². The number of benzene rings is 1. The van der Waals surface area contributed by atoms with E-state index in [1.165, 1.54) is 10.9 Å². The molecule has 0 saturated carbocycles. The summed E-state index contributed by atoms with van der Waals surface area (Å²) in [6, 6.07) is 5.47. The summed E-state index contributed by atoms with van der Waals surface area (Å²) >= 11 is 0. The predicted octanol–water partition coefficient (Wildman–Crippen LogP) is 1.01. The average molecular weight is 271 g/mol. The molecule has 3 N–H and O–H groups in total. The van der Waals surface area contributed by atoms with Crippen LogP contribution in [0.15, 0.2) is 29.3 Å². The molecule has 0 atom stereocenters. The van der Waals surface area contributed by atoms with Crippen molar-refractivity contribution in [2.45, 2.75) is 6.92 Å². The average Bonchev–Trinajstić information content (AvgIpc) is 2.77. The zero-order valence-electron chi connectivity index (χ0n) is 11.0. The summed E-state index contributed by atoms with van der Waals surface area (Å²) in [5.41, 5.74) is 8.01. The number of nitrogens with one attached hydrogen (secondary N) is 1. The second kappa shape index (κ2) is 4.37. The van der Waals surface area contributed by atoms with Crippen molar-refractivity contribution >= 4 is 17.0 Å². The van der Waals surface area contributed by atoms with Crippen molar-refractivity contribution in [1.82, 2.24) is 19.5 Å². The molecular formula is C13H13N5O2. The largest absolute Gasteiger partial charge is 0.496 e. The SMILES string of the molecule is COc1cc(-n2c(=O)[nH]c3ncnc(N)c32)ccc1C. The lowest BCUT2D eigenvalue weighted by Crippen LogP contribution is -2.15. The van der Waals surface area contributed by atoms with Gasteiger partial charge >= 0.3 is 5.69 Å². The number of imidazole rings is 1. The first kappa shape index (κ1) is 12.2. The first-order valence-electron chi connectivity index (χ1n) is 5.98. The molecule has 102 valence electrons. The number of fused-ring (bicyclic) bond motifs is 1. The molecule has 0 unspecified atom stereocenters. The Morgan fingerprint density at radius 2 is 2.15 bits per heavy atom. The van der Waals surface area contributed by atoms with E-state index in [9.17, 15) is 4.79 Å².